The first-order chi connectivity index (χ1) is 10.8. The van der Waals surface area contributed by atoms with Gasteiger partial charge < -0.3 is 9.47 Å². The standard InChI is InChI=1S/C19H21NO2/c1-3-21-17-12-15-10-11-20-19(14-8-6-5-7-9-14)16(15)13-18(17)22-4-2/h5-9,12-13H,3-4,10-11H2,1-2H3. The molecule has 0 aromatic heterocycles. The Morgan fingerprint density at radius 1 is 0.955 bits per heavy atom. The summed E-state index contributed by atoms with van der Waals surface area (Å²) < 4.78 is 11.5. The van der Waals surface area contributed by atoms with Crippen molar-refractivity contribution in [3.8, 4) is 11.5 Å². The third-order valence-corrected chi connectivity index (χ3v) is 3.72. The predicted octanol–water partition coefficient (Wildman–Crippen LogP) is 3.88. The van der Waals surface area contributed by atoms with Gasteiger partial charge in [0, 0.05) is 17.7 Å². The number of benzene rings is 2. The topological polar surface area (TPSA) is 30.8 Å². The van der Waals surface area contributed by atoms with Gasteiger partial charge in [0.15, 0.2) is 11.5 Å². The highest BCUT2D eigenvalue weighted by Gasteiger charge is 2.19. The van der Waals surface area contributed by atoms with E-state index in [2.05, 4.69) is 24.3 Å². The second kappa shape index (κ2) is 6.65. The largest absolute Gasteiger partial charge is 0.490 e. The molecule has 0 amide bonds. The van der Waals surface area contributed by atoms with Crippen molar-refractivity contribution in [1.29, 1.82) is 0 Å². The van der Waals surface area contributed by atoms with Gasteiger partial charge in [-0.3, -0.25) is 4.99 Å². The van der Waals surface area contributed by atoms with Crippen molar-refractivity contribution in [2.75, 3.05) is 19.8 Å². The van der Waals surface area contributed by atoms with Crippen molar-refractivity contribution in [3.63, 3.8) is 0 Å². The van der Waals surface area contributed by atoms with Crippen LogP contribution in [0.25, 0.3) is 0 Å². The molecule has 0 N–H and O–H groups in total. The maximum atomic E-state index is 5.76. The van der Waals surface area contributed by atoms with E-state index in [9.17, 15) is 0 Å². The summed E-state index contributed by atoms with van der Waals surface area (Å²) in [5.74, 6) is 1.63. The molecule has 0 spiro atoms. The molecule has 0 aliphatic carbocycles. The number of hydrogen-bond donors (Lipinski definition) is 0. The van der Waals surface area contributed by atoms with Crippen molar-refractivity contribution >= 4 is 5.71 Å². The number of hydrogen-bond acceptors (Lipinski definition) is 3. The summed E-state index contributed by atoms with van der Waals surface area (Å²) in [5, 5.41) is 0. The van der Waals surface area contributed by atoms with Gasteiger partial charge in [-0.2, -0.15) is 0 Å². The monoisotopic (exact) mass is 295 g/mol. The molecule has 0 atom stereocenters. The highest BCUT2D eigenvalue weighted by atomic mass is 16.5. The van der Waals surface area contributed by atoms with Crippen LogP contribution in [0.2, 0.25) is 0 Å². The summed E-state index contributed by atoms with van der Waals surface area (Å²) in [6.45, 7) is 6.05. The van der Waals surface area contributed by atoms with Crippen molar-refractivity contribution < 1.29 is 9.47 Å². The lowest BCUT2D eigenvalue weighted by Crippen LogP contribution is -2.15. The van der Waals surface area contributed by atoms with E-state index in [-0.39, 0.29) is 0 Å². The molecular weight excluding hydrogens is 274 g/mol. The normalized spacial score (nSPS) is 13.3. The van der Waals surface area contributed by atoms with Crippen LogP contribution < -0.4 is 9.47 Å². The Hall–Kier alpha value is -2.29. The highest BCUT2D eigenvalue weighted by molar-refractivity contribution is 6.14. The van der Waals surface area contributed by atoms with E-state index in [4.69, 9.17) is 14.5 Å². The fraction of sp³-hybridized carbons (Fsp3) is 0.316. The number of fused-ring (bicyclic) bond motifs is 1. The molecule has 22 heavy (non-hydrogen) atoms. The van der Waals surface area contributed by atoms with Crippen LogP contribution in [0, 0.1) is 0 Å². The maximum Gasteiger partial charge on any atom is 0.161 e. The fourth-order valence-corrected chi connectivity index (χ4v) is 2.78. The number of aliphatic imine (C=N–C) groups is 1. The zero-order valence-electron chi connectivity index (χ0n) is 13.1. The molecule has 1 aliphatic heterocycles. The van der Waals surface area contributed by atoms with Crippen LogP contribution in [-0.2, 0) is 6.42 Å². The summed E-state index contributed by atoms with van der Waals surface area (Å²) in [4.78, 5) is 4.74. The summed E-state index contributed by atoms with van der Waals surface area (Å²) in [6, 6.07) is 14.5. The Labute approximate surface area is 131 Å². The third kappa shape index (κ3) is 2.84. The first-order valence-corrected chi connectivity index (χ1v) is 7.86. The fourth-order valence-electron chi connectivity index (χ4n) is 2.78. The molecule has 114 valence electrons. The Bertz CT molecular complexity index is 677. The van der Waals surface area contributed by atoms with Gasteiger partial charge in [-0.05, 0) is 38.0 Å². The molecule has 2 aromatic rings. The smallest absolute Gasteiger partial charge is 0.161 e. The van der Waals surface area contributed by atoms with E-state index in [1.54, 1.807) is 0 Å². The van der Waals surface area contributed by atoms with E-state index >= 15 is 0 Å². The second-order valence-electron chi connectivity index (χ2n) is 5.17. The average Bonchev–Trinajstić information content (AvgIpc) is 2.56. The van der Waals surface area contributed by atoms with Crippen molar-refractivity contribution in [3.05, 3.63) is 59.2 Å². The van der Waals surface area contributed by atoms with Gasteiger partial charge in [-0.25, -0.2) is 0 Å². The van der Waals surface area contributed by atoms with Crippen LogP contribution in [0.15, 0.2) is 47.5 Å². The quantitative estimate of drug-likeness (QED) is 0.838. The molecular formula is C19H21NO2. The minimum Gasteiger partial charge on any atom is -0.490 e. The van der Waals surface area contributed by atoms with Crippen LogP contribution in [0.1, 0.15) is 30.5 Å². The van der Waals surface area contributed by atoms with Crippen molar-refractivity contribution in [1.82, 2.24) is 0 Å². The molecule has 3 heteroatoms. The number of nitrogens with zero attached hydrogens (tertiary/aromatic N) is 1. The van der Waals surface area contributed by atoms with Crippen LogP contribution in [0.4, 0.5) is 0 Å². The molecule has 3 rings (SSSR count). The summed E-state index contributed by atoms with van der Waals surface area (Å²) >= 11 is 0. The summed E-state index contributed by atoms with van der Waals surface area (Å²) in [5.41, 5.74) is 4.63. The van der Waals surface area contributed by atoms with Gasteiger partial charge in [0.05, 0.1) is 18.9 Å². The van der Waals surface area contributed by atoms with Gasteiger partial charge in [0.25, 0.3) is 0 Å². The predicted molar refractivity (Wildman–Crippen MR) is 89.4 cm³/mol. The molecule has 0 fully saturated rings. The van der Waals surface area contributed by atoms with Crippen LogP contribution in [0.3, 0.4) is 0 Å². The van der Waals surface area contributed by atoms with E-state index in [1.165, 1.54) is 5.56 Å². The van der Waals surface area contributed by atoms with Crippen LogP contribution in [-0.4, -0.2) is 25.5 Å². The van der Waals surface area contributed by atoms with E-state index in [0.717, 1.165) is 41.3 Å². The first-order valence-electron chi connectivity index (χ1n) is 7.86. The van der Waals surface area contributed by atoms with Gasteiger partial charge in [0.1, 0.15) is 0 Å². The molecule has 0 saturated carbocycles. The van der Waals surface area contributed by atoms with E-state index in [0.29, 0.717) is 13.2 Å². The lowest BCUT2D eigenvalue weighted by molar-refractivity contribution is 0.287. The third-order valence-electron chi connectivity index (χ3n) is 3.72. The average molecular weight is 295 g/mol. The lowest BCUT2D eigenvalue weighted by atomic mass is 9.93. The molecule has 3 nitrogen and oxygen atoms in total. The van der Waals surface area contributed by atoms with Crippen LogP contribution in [0.5, 0.6) is 11.5 Å². The van der Waals surface area contributed by atoms with Gasteiger partial charge in [-0.1, -0.05) is 30.3 Å². The summed E-state index contributed by atoms with van der Waals surface area (Å²) in [6.07, 6.45) is 0.943. The first kappa shape index (κ1) is 14.6. The SMILES string of the molecule is CCOc1cc2c(cc1OCC)C(c1ccccc1)=NCC2. The zero-order chi connectivity index (χ0) is 15.4. The van der Waals surface area contributed by atoms with Gasteiger partial charge in [0.2, 0.25) is 0 Å². The summed E-state index contributed by atoms with van der Waals surface area (Å²) in [7, 11) is 0. The lowest BCUT2D eigenvalue weighted by Gasteiger charge is -2.20. The minimum atomic E-state index is 0.622. The van der Waals surface area contributed by atoms with Crippen LogP contribution >= 0.6 is 0 Å². The van der Waals surface area contributed by atoms with Gasteiger partial charge in [-0.15, -0.1) is 0 Å². The molecule has 0 saturated heterocycles. The maximum absolute atomic E-state index is 5.76. The molecule has 0 unspecified atom stereocenters. The van der Waals surface area contributed by atoms with E-state index < -0.39 is 0 Å². The molecule has 0 bridgehead atoms. The Morgan fingerprint density at radius 2 is 1.64 bits per heavy atom. The molecule has 2 aromatic carbocycles. The Balaban J connectivity index is 2.07. The molecule has 1 aliphatic rings. The van der Waals surface area contributed by atoms with Gasteiger partial charge >= 0.3 is 0 Å². The second-order valence-corrected chi connectivity index (χ2v) is 5.17. The zero-order valence-corrected chi connectivity index (χ0v) is 13.1. The highest BCUT2D eigenvalue weighted by Crippen LogP contribution is 2.34. The Kier molecular flexibility index (Phi) is 4.42. The number of ether oxygens (including phenoxy) is 2. The molecule has 0 radical (unpaired) electrons. The molecule has 1 heterocycles. The van der Waals surface area contributed by atoms with Crippen molar-refractivity contribution in [2.45, 2.75) is 20.3 Å². The van der Waals surface area contributed by atoms with Crippen molar-refractivity contribution in [2.24, 2.45) is 4.99 Å². The minimum absolute atomic E-state index is 0.622. The van der Waals surface area contributed by atoms with E-state index in [1.807, 2.05) is 32.0 Å². The number of rotatable bonds is 5. The Morgan fingerprint density at radius 3 is 2.32 bits per heavy atom.